The maximum atomic E-state index is 5.43. The third kappa shape index (κ3) is 4.46. The number of benzene rings is 1. The Morgan fingerprint density at radius 2 is 1.50 bits per heavy atom. The zero-order chi connectivity index (χ0) is 12.0. The lowest BCUT2D eigenvalue weighted by atomic mass is 10.2. The van der Waals surface area contributed by atoms with Gasteiger partial charge in [0.2, 0.25) is 0 Å². The van der Waals surface area contributed by atoms with Gasteiger partial charge in [-0.15, -0.1) is 0 Å². The molecule has 0 unspecified atom stereocenters. The van der Waals surface area contributed by atoms with Gasteiger partial charge in [-0.05, 0) is 43.7 Å². The number of aromatic nitrogens is 1. The Hall–Kier alpha value is -2.03. The van der Waals surface area contributed by atoms with Crippen molar-refractivity contribution in [2.24, 2.45) is 0 Å². The summed E-state index contributed by atoms with van der Waals surface area (Å²) in [6.07, 6.45) is 1.70. The predicted molar refractivity (Wildman–Crippen MR) is 69.0 cm³/mol. The van der Waals surface area contributed by atoms with Crippen molar-refractivity contribution in [3.05, 3.63) is 53.7 Å². The fourth-order valence-corrected chi connectivity index (χ4v) is 1.13. The molecule has 0 saturated carbocycles. The average molecular weight is 215 g/mol. The highest BCUT2D eigenvalue weighted by atomic mass is 14.8. The van der Waals surface area contributed by atoms with Crippen molar-refractivity contribution in [1.29, 1.82) is 0 Å². The molecule has 0 aliphatic carbocycles. The van der Waals surface area contributed by atoms with Crippen LogP contribution in [-0.2, 0) is 0 Å². The maximum absolute atomic E-state index is 5.43. The number of nitrogens with two attached hydrogens (primary N) is 2. The highest BCUT2D eigenvalue weighted by molar-refractivity contribution is 5.38. The zero-order valence-corrected chi connectivity index (χ0v) is 9.64. The molecule has 84 valence electrons. The van der Waals surface area contributed by atoms with E-state index in [1.165, 1.54) is 5.56 Å². The standard InChI is InChI=1S/C7H9N.C6H8N2/c1-6-2-4-7(8)5-3-6;1-5-2-3-8-6(7)4-5/h2-5H,8H2,1H3;2-4H,1H3,(H2,7,8). The third-order valence-electron chi connectivity index (χ3n) is 2.01. The van der Waals surface area contributed by atoms with Crippen LogP contribution in [0.15, 0.2) is 42.6 Å². The Labute approximate surface area is 96.1 Å². The number of nitrogens with zero attached hydrogens (tertiary/aromatic N) is 1. The molecular formula is C13H17N3. The van der Waals surface area contributed by atoms with Crippen LogP contribution in [0.2, 0.25) is 0 Å². The Morgan fingerprint density at radius 3 is 1.88 bits per heavy atom. The molecule has 0 amide bonds. The molecule has 0 bridgehead atoms. The summed E-state index contributed by atoms with van der Waals surface area (Å²) in [6, 6.07) is 11.5. The largest absolute Gasteiger partial charge is 0.399 e. The van der Waals surface area contributed by atoms with Crippen LogP contribution in [0, 0.1) is 13.8 Å². The minimum atomic E-state index is 0.588. The SMILES string of the molecule is Cc1ccc(N)cc1.Cc1ccnc(N)c1. The molecule has 0 saturated heterocycles. The fourth-order valence-electron chi connectivity index (χ4n) is 1.13. The topological polar surface area (TPSA) is 64.9 Å². The van der Waals surface area contributed by atoms with Crippen LogP contribution in [0.3, 0.4) is 0 Å². The van der Waals surface area contributed by atoms with Crippen molar-refractivity contribution in [3.63, 3.8) is 0 Å². The second-order valence-electron chi connectivity index (χ2n) is 3.67. The summed E-state index contributed by atoms with van der Waals surface area (Å²) in [5.74, 6) is 0.588. The fraction of sp³-hybridized carbons (Fsp3) is 0.154. The first kappa shape index (κ1) is 12.0. The van der Waals surface area contributed by atoms with Crippen LogP contribution < -0.4 is 11.5 Å². The number of rotatable bonds is 0. The van der Waals surface area contributed by atoms with E-state index in [-0.39, 0.29) is 0 Å². The molecule has 2 aromatic rings. The van der Waals surface area contributed by atoms with E-state index in [4.69, 9.17) is 11.5 Å². The van der Waals surface area contributed by atoms with E-state index in [9.17, 15) is 0 Å². The molecular weight excluding hydrogens is 198 g/mol. The lowest BCUT2D eigenvalue weighted by Gasteiger charge is -1.90. The van der Waals surface area contributed by atoms with Crippen LogP contribution in [0.1, 0.15) is 11.1 Å². The molecule has 1 aromatic carbocycles. The molecule has 4 N–H and O–H groups in total. The van der Waals surface area contributed by atoms with Gasteiger partial charge in [-0.3, -0.25) is 0 Å². The Kier molecular flexibility index (Phi) is 4.33. The summed E-state index contributed by atoms with van der Waals surface area (Å²) < 4.78 is 0. The van der Waals surface area contributed by atoms with E-state index < -0.39 is 0 Å². The molecule has 1 aromatic heterocycles. The summed E-state index contributed by atoms with van der Waals surface area (Å²) >= 11 is 0. The van der Waals surface area contributed by atoms with Gasteiger partial charge < -0.3 is 11.5 Å². The molecule has 0 radical (unpaired) electrons. The van der Waals surface area contributed by atoms with E-state index in [1.807, 2.05) is 50.2 Å². The third-order valence-corrected chi connectivity index (χ3v) is 2.01. The van der Waals surface area contributed by atoms with Crippen molar-refractivity contribution >= 4 is 11.5 Å². The van der Waals surface area contributed by atoms with Gasteiger partial charge >= 0.3 is 0 Å². The van der Waals surface area contributed by atoms with E-state index in [2.05, 4.69) is 4.98 Å². The van der Waals surface area contributed by atoms with Crippen molar-refractivity contribution in [1.82, 2.24) is 4.98 Å². The van der Waals surface area contributed by atoms with E-state index in [0.29, 0.717) is 5.82 Å². The Balaban J connectivity index is 0.000000160. The van der Waals surface area contributed by atoms with Crippen LogP contribution in [0.5, 0.6) is 0 Å². The molecule has 0 aliphatic heterocycles. The average Bonchev–Trinajstić information content (AvgIpc) is 2.23. The molecule has 16 heavy (non-hydrogen) atoms. The van der Waals surface area contributed by atoms with Crippen LogP contribution in [0.25, 0.3) is 0 Å². The van der Waals surface area contributed by atoms with Gasteiger partial charge in [0.1, 0.15) is 5.82 Å². The van der Waals surface area contributed by atoms with E-state index in [0.717, 1.165) is 11.3 Å². The highest BCUT2D eigenvalue weighted by Gasteiger charge is 1.82. The molecule has 3 heteroatoms. The Morgan fingerprint density at radius 1 is 0.875 bits per heavy atom. The summed E-state index contributed by atoms with van der Waals surface area (Å²) in [5.41, 5.74) is 14.0. The number of hydrogen-bond acceptors (Lipinski definition) is 3. The molecule has 0 spiro atoms. The van der Waals surface area contributed by atoms with Gasteiger partial charge in [0, 0.05) is 11.9 Å². The number of pyridine rings is 1. The molecule has 0 aliphatic rings. The molecule has 1 heterocycles. The zero-order valence-electron chi connectivity index (χ0n) is 9.64. The summed E-state index contributed by atoms with van der Waals surface area (Å²) in [4.78, 5) is 3.82. The van der Waals surface area contributed by atoms with Gasteiger partial charge in [-0.25, -0.2) is 4.98 Å². The highest BCUT2D eigenvalue weighted by Crippen LogP contribution is 2.02. The molecule has 0 fully saturated rings. The summed E-state index contributed by atoms with van der Waals surface area (Å²) in [5, 5.41) is 0. The number of anilines is 2. The van der Waals surface area contributed by atoms with Gasteiger partial charge in [0.25, 0.3) is 0 Å². The number of nitrogen functional groups attached to an aromatic ring is 2. The van der Waals surface area contributed by atoms with Crippen molar-refractivity contribution < 1.29 is 0 Å². The molecule has 0 atom stereocenters. The lowest BCUT2D eigenvalue weighted by Crippen LogP contribution is -1.87. The first-order valence-corrected chi connectivity index (χ1v) is 5.08. The number of hydrogen-bond donors (Lipinski definition) is 2. The van der Waals surface area contributed by atoms with Gasteiger partial charge in [-0.1, -0.05) is 17.7 Å². The van der Waals surface area contributed by atoms with Crippen LogP contribution in [-0.4, -0.2) is 4.98 Å². The van der Waals surface area contributed by atoms with E-state index in [1.54, 1.807) is 6.20 Å². The smallest absolute Gasteiger partial charge is 0.123 e. The van der Waals surface area contributed by atoms with Crippen LogP contribution in [0.4, 0.5) is 11.5 Å². The normalized spacial score (nSPS) is 9.12. The quantitative estimate of drug-likeness (QED) is 0.664. The minimum absolute atomic E-state index is 0.588. The second kappa shape index (κ2) is 5.75. The van der Waals surface area contributed by atoms with Crippen molar-refractivity contribution in [2.75, 3.05) is 11.5 Å². The maximum Gasteiger partial charge on any atom is 0.123 e. The summed E-state index contributed by atoms with van der Waals surface area (Å²) in [6.45, 7) is 4.03. The minimum Gasteiger partial charge on any atom is -0.399 e. The Bertz CT molecular complexity index is 397. The molecule has 3 nitrogen and oxygen atoms in total. The summed E-state index contributed by atoms with van der Waals surface area (Å²) in [7, 11) is 0. The van der Waals surface area contributed by atoms with Gasteiger partial charge in [0.15, 0.2) is 0 Å². The van der Waals surface area contributed by atoms with Crippen LogP contribution >= 0.6 is 0 Å². The first-order valence-electron chi connectivity index (χ1n) is 5.08. The number of aryl methyl sites for hydroxylation is 2. The predicted octanol–water partition coefficient (Wildman–Crippen LogP) is 2.55. The lowest BCUT2D eigenvalue weighted by molar-refractivity contribution is 1.30. The van der Waals surface area contributed by atoms with Crippen molar-refractivity contribution in [3.8, 4) is 0 Å². The first-order chi connectivity index (χ1) is 7.58. The monoisotopic (exact) mass is 215 g/mol. The van der Waals surface area contributed by atoms with E-state index >= 15 is 0 Å². The van der Waals surface area contributed by atoms with Gasteiger partial charge in [-0.2, -0.15) is 0 Å². The molecule has 2 rings (SSSR count). The van der Waals surface area contributed by atoms with Gasteiger partial charge in [0.05, 0.1) is 0 Å². The van der Waals surface area contributed by atoms with Crippen molar-refractivity contribution in [2.45, 2.75) is 13.8 Å². The second-order valence-corrected chi connectivity index (χ2v) is 3.67.